The summed E-state index contributed by atoms with van der Waals surface area (Å²) >= 11 is 1.36. The van der Waals surface area contributed by atoms with Gasteiger partial charge in [0.25, 0.3) is 0 Å². The van der Waals surface area contributed by atoms with Gasteiger partial charge < -0.3 is 5.73 Å². The molecule has 14 heavy (non-hydrogen) atoms. The molecule has 0 radical (unpaired) electrons. The molecule has 2 aromatic rings. The second-order valence-corrected chi connectivity index (χ2v) is 3.37. The van der Waals surface area contributed by atoms with Gasteiger partial charge in [-0.1, -0.05) is 11.3 Å². The Morgan fingerprint density at radius 1 is 1.50 bits per heavy atom. The van der Waals surface area contributed by atoms with E-state index < -0.39 is 5.91 Å². The maximum absolute atomic E-state index is 10.9. The SMILES string of the molecule is NC(=O)c1ccnc(-c2nncs2)c1. The van der Waals surface area contributed by atoms with E-state index in [4.69, 9.17) is 5.73 Å². The Balaban J connectivity index is 2.46. The fourth-order valence-corrected chi connectivity index (χ4v) is 1.51. The van der Waals surface area contributed by atoms with Crippen molar-refractivity contribution in [2.24, 2.45) is 5.73 Å². The van der Waals surface area contributed by atoms with Crippen LogP contribution >= 0.6 is 11.3 Å². The molecule has 5 nitrogen and oxygen atoms in total. The largest absolute Gasteiger partial charge is 0.366 e. The predicted molar refractivity (Wildman–Crippen MR) is 51.7 cm³/mol. The lowest BCUT2D eigenvalue weighted by Crippen LogP contribution is -2.10. The van der Waals surface area contributed by atoms with Crippen LogP contribution in [0.15, 0.2) is 23.8 Å². The van der Waals surface area contributed by atoms with E-state index in [0.29, 0.717) is 16.3 Å². The molecule has 0 aliphatic carbocycles. The standard InChI is InChI=1S/C8H6N4OS/c9-7(13)5-1-2-10-6(3-5)8-12-11-4-14-8/h1-4H,(H2,9,13). The third-order valence-electron chi connectivity index (χ3n) is 1.62. The zero-order valence-corrected chi connectivity index (χ0v) is 7.86. The Labute approximate surface area is 83.6 Å². The van der Waals surface area contributed by atoms with E-state index in [0.717, 1.165) is 0 Å². The molecule has 2 N–H and O–H groups in total. The zero-order valence-electron chi connectivity index (χ0n) is 7.04. The first-order valence-corrected chi connectivity index (χ1v) is 4.68. The van der Waals surface area contributed by atoms with Crippen molar-refractivity contribution in [1.82, 2.24) is 15.2 Å². The zero-order chi connectivity index (χ0) is 9.97. The van der Waals surface area contributed by atoms with Crippen LogP contribution in [0.2, 0.25) is 0 Å². The van der Waals surface area contributed by atoms with Crippen LogP contribution in [0.5, 0.6) is 0 Å². The molecule has 0 saturated heterocycles. The summed E-state index contributed by atoms with van der Waals surface area (Å²) in [6.07, 6.45) is 1.52. The van der Waals surface area contributed by atoms with Crippen molar-refractivity contribution in [1.29, 1.82) is 0 Å². The van der Waals surface area contributed by atoms with Crippen LogP contribution in [0.3, 0.4) is 0 Å². The summed E-state index contributed by atoms with van der Waals surface area (Å²) < 4.78 is 0. The van der Waals surface area contributed by atoms with Gasteiger partial charge >= 0.3 is 0 Å². The number of carbonyl (C=O) groups excluding carboxylic acids is 1. The fraction of sp³-hybridized carbons (Fsp3) is 0. The van der Waals surface area contributed by atoms with Gasteiger partial charge in [-0.2, -0.15) is 0 Å². The summed E-state index contributed by atoms with van der Waals surface area (Å²) in [5.41, 5.74) is 7.78. The number of nitrogens with zero attached hydrogens (tertiary/aromatic N) is 3. The minimum atomic E-state index is -0.474. The molecule has 2 aromatic heterocycles. The molecule has 0 atom stereocenters. The molecule has 0 aromatic carbocycles. The molecule has 1 amide bonds. The van der Waals surface area contributed by atoms with E-state index in [9.17, 15) is 4.79 Å². The van der Waals surface area contributed by atoms with Crippen molar-refractivity contribution >= 4 is 17.2 Å². The van der Waals surface area contributed by atoms with Crippen LogP contribution in [0.25, 0.3) is 10.7 Å². The number of nitrogens with two attached hydrogens (primary N) is 1. The minimum Gasteiger partial charge on any atom is -0.366 e. The molecule has 0 spiro atoms. The van der Waals surface area contributed by atoms with Gasteiger partial charge in [-0.15, -0.1) is 10.2 Å². The Morgan fingerprint density at radius 3 is 3.00 bits per heavy atom. The second kappa shape index (κ2) is 3.51. The Hall–Kier alpha value is -1.82. The molecule has 0 unspecified atom stereocenters. The highest BCUT2D eigenvalue weighted by Crippen LogP contribution is 2.18. The molecular formula is C8H6N4OS. The average molecular weight is 206 g/mol. The first kappa shape index (κ1) is 8.76. The summed E-state index contributed by atoms with van der Waals surface area (Å²) in [6.45, 7) is 0. The van der Waals surface area contributed by atoms with Gasteiger partial charge in [-0.05, 0) is 12.1 Å². The lowest BCUT2D eigenvalue weighted by atomic mass is 10.2. The first-order chi connectivity index (χ1) is 6.77. The highest BCUT2D eigenvalue weighted by Gasteiger charge is 2.06. The topological polar surface area (TPSA) is 81.8 Å². The maximum Gasteiger partial charge on any atom is 0.248 e. The van der Waals surface area contributed by atoms with Gasteiger partial charge in [0.2, 0.25) is 5.91 Å². The minimum absolute atomic E-state index is 0.421. The van der Waals surface area contributed by atoms with E-state index in [1.54, 1.807) is 17.6 Å². The molecule has 0 saturated carbocycles. The Kier molecular flexibility index (Phi) is 2.19. The number of primary amides is 1. The average Bonchev–Trinajstić information content (AvgIpc) is 2.71. The number of hydrogen-bond donors (Lipinski definition) is 1. The third kappa shape index (κ3) is 1.60. The number of amides is 1. The number of hydrogen-bond acceptors (Lipinski definition) is 5. The monoisotopic (exact) mass is 206 g/mol. The van der Waals surface area contributed by atoms with Crippen LogP contribution < -0.4 is 5.73 Å². The molecule has 2 rings (SSSR count). The maximum atomic E-state index is 10.9. The molecule has 0 aliphatic heterocycles. The lowest BCUT2D eigenvalue weighted by Gasteiger charge is -1.96. The predicted octanol–water partition coefficient (Wildman–Crippen LogP) is 0.699. The van der Waals surface area contributed by atoms with Crippen molar-refractivity contribution in [3.05, 3.63) is 29.4 Å². The molecule has 2 heterocycles. The van der Waals surface area contributed by atoms with Gasteiger partial charge in [0.1, 0.15) is 11.2 Å². The Bertz CT molecular complexity index is 454. The second-order valence-electron chi connectivity index (χ2n) is 2.54. The van der Waals surface area contributed by atoms with Crippen molar-refractivity contribution in [2.75, 3.05) is 0 Å². The lowest BCUT2D eigenvalue weighted by molar-refractivity contribution is 0.1000. The molecule has 0 bridgehead atoms. The van der Waals surface area contributed by atoms with Crippen molar-refractivity contribution in [3.63, 3.8) is 0 Å². The Morgan fingerprint density at radius 2 is 2.36 bits per heavy atom. The van der Waals surface area contributed by atoms with Crippen LogP contribution in [0.1, 0.15) is 10.4 Å². The molecule has 0 aliphatic rings. The van der Waals surface area contributed by atoms with Crippen molar-refractivity contribution in [3.8, 4) is 10.7 Å². The fourth-order valence-electron chi connectivity index (χ4n) is 0.985. The van der Waals surface area contributed by atoms with Gasteiger partial charge in [0.05, 0.1) is 0 Å². The van der Waals surface area contributed by atoms with Crippen LogP contribution in [-0.4, -0.2) is 21.1 Å². The van der Waals surface area contributed by atoms with Crippen LogP contribution in [0, 0.1) is 0 Å². The van der Waals surface area contributed by atoms with Crippen LogP contribution in [0.4, 0.5) is 0 Å². The highest BCUT2D eigenvalue weighted by molar-refractivity contribution is 7.12. The van der Waals surface area contributed by atoms with Gasteiger partial charge in [-0.25, -0.2) is 0 Å². The molecule has 6 heteroatoms. The van der Waals surface area contributed by atoms with Gasteiger partial charge in [0.15, 0.2) is 5.01 Å². The normalized spacial score (nSPS) is 10.0. The van der Waals surface area contributed by atoms with E-state index in [-0.39, 0.29) is 0 Å². The molecule has 70 valence electrons. The van der Waals surface area contributed by atoms with Gasteiger partial charge in [-0.3, -0.25) is 9.78 Å². The van der Waals surface area contributed by atoms with Crippen molar-refractivity contribution in [2.45, 2.75) is 0 Å². The number of carbonyl (C=O) groups is 1. The quantitative estimate of drug-likeness (QED) is 0.784. The number of pyridine rings is 1. The van der Waals surface area contributed by atoms with E-state index in [2.05, 4.69) is 15.2 Å². The summed E-state index contributed by atoms with van der Waals surface area (Å²) in [7, 11) is 0. The highest BCUT2D eigenvalue weighted by atomic mass is 32.1. The van der Waals surface area contributed by atoms with Crippen LogP contribution in [-0.2, 0) is 0 Å². The summed E-state index contributed by atoms with van der Waals surface area (Å²) in [5, 5.41) is 8.20. The number of aromatic nitrogens is 3. The summed E-state index contributed by atoms with van der Waals surface area (Å²) in [4.78, 5) is 14.9. The smallest absolute Gasteiger partial charge is 0.248 e. The van der Waals surface area contributed by atoms with E-state index >= 15 is 0 Å². The van der Waals surface area contributed by atoms with E-state index in [1.807, 2.05) is 0 Å². The first-order valence-electron chi connectivity index (χ1n) is 3.80. The molecule has 0 fully saturated rings. The van der Waals surface area contributed by atoms with Gasteiger partial charge in [0, 0.05) is 11.8 Å². The summed E-state index contributed by atoms with van der Waals surface area (Å²) in [5.74, 6) is -0.474. The third-order valence-corrected chi connectivity index (χ3v) is 2.34. The summed E-state index contributed by atoms with van der Waals surface area (Å²) in [6, 6.07) is 3.16. The molecular weight excluding hydrogens is 200 g/mol. The van der Waals surface area contributed by atoms with Crippen molar-refractivity contribution < 1.29 is 4.79 Å². The van der Waals surface area contributed by atoms with E-state index in [1.165, 1.54) is 17.5 Å². The number of rotatable bonds is 2.